The number of halogens is 1. The van der Waals surface area contributed by atoms with E-state index in [-0.39, 0.29) is 18.2 Å². The van der Waals surface area contributed by atoms with Crippen molar-refractivity contribution in [2.45, 2.75) is 32.9 Å². The molecule has 100 valence electrons. The molecule has 0 radical (unpaired) electrons. The van der Waals surface area contributed by atoms with Crippen molar-refractivity contribution in [1.29, 1.82) is 0 Å². The lowest BCUT2D eigenvalue weighted by molar-refractivity contribution is -0.138. The van der Waals surface area contributed by atoms with E-state index in [1.807, 2.05) is 18.7 Å². The minimum atomic E-state index is -0.823. The summed E-state index contributed by atoms with van der Waals surface area (Å²) in [5.41, 5.74) is 0.710. The SMILES string of the molecule is CCN(Cc1cc(Cl)ccc1O)C(C)CC(=O)O. The van der Waals surface area contributed by atoms with E-state index < -0.39 is 5.97 Å². The van der Waals surface area contributed by atoms with Crippen LogP contribution in [0.25, 0.3) is 0 Å². The first kappa shape index (κ1) is 14.8. The van der Waals surface area contributed by atoms with Crippen molar-refractivity contribution < 1.29 is 15.0 Å². The summed E-state index contributed by atoms with van der Waals surface area (Å²) in [6.07, 6.45) is 0.0785. The Kier molecular flexibility index (Phi) is 5.44. The normalized spacial score (nSPS) is 12.7. The summed E-state index contributed by atoms with van der Waals surface area (Å²) in [6.45, 7) is 5.01. The molecule has 0 aliphatic carbocycles. The number of carbonyl (C=O) groups is 1. The van der Waals surface area contributed by atoms with Crippen LogP contribution in [0, 0.1) is 0 Å². The maximum Gasteiger partial charge on any atom is 0.304 e. The first-order valence-electron chi connectivity index (χ1n) is 5.87. The highest BCUT2D eigenvalue weighted by Gasteiger charge is 2.17. The van der Waals surface area contributed by atoms with Crippen molar-refractivity contribution >= 4 is 17.6 Å². The zero-order valence-corrected chi connectivity index (χ0v) is 11.3. The van der Waals surface area contributed by atoms with Crippen molar-refractivity contribution in [2.24, 2.45) is 0 Å². The van der Waals surface area contributed by atoms with Gasteiger partial charge in [0.25, 0.3) is 0 Å². The molecule has 0 spiro atoms. The largest absolute Gasteiger partial charge is 0.508 e. The molecule has 0 fully saturated rings. The van der Waals surface area contributed by atoms with Crippen LogP contribution < -0.4 is 0 Å². The molecule has 1 rings (SSSR count). The molecule has 0 saturated carbocycles. The maximum absolute atomic E-state index is 10.7. The van der Waals surface area contributed by atoms with Gasteiger partial charge in [0.1, 0.15) is 5.75 Å². The standard InChI is InChI=1S/C13H18ClNO3/c1-3-15(9(2)6-13(17)18)8-10-7-11(14)4-5-12(10)16/h4-5,7,9,16H,3,6,8H2,1-2H3,(H,17,18). The molecule has 0 aliphatic rings. The van der Waals surface area contributed by atoms with Crippen LogP contribution >= 0.6 is 11.6 Å². The lowest BCUT2D eigenvalue weighted by atomic mass is 10.1. The second kappa shape index (κ2) is 6.61. The van der Waals surface area contributed by atoms with Gasteiger partial charge in [-0.15, -0.1) is 0 Å². The van der Waals surface area contributed by atoms with Gasteiger partial charge in [0, 0.05) is 23.2 Å². The van der Waals surface area contributed by atoms with Gasteiger partial charge >= 0.3 is 5.97 Å². The first-order chi connectivity index (χ1) is 8.43. The average molecular weight is 272 g/mol. The predicted octanol–water partition coefficient (Wildman–Crippen LogP) is 2.73. The molecule has 18 heavy (non-hydrogen) atoms. The van der Waals surface area contributed by atoms with Gasteiger partial charge in [-0.05, 0) is 31.7 Å². The molecule has 1 unspecified atom stereocenters. The fourth-order valence-corrected chi connectivity index (χ4v) is 2.06. The first-order valence-corrected chi connectivity index (χ1v) is 6.25. The third-order valence-corrected chi connectivity index (χ3v) is 3.15. The van der Waals surface area contributed by atoms with Gasteiger partial charge in [-0.3, -0.25) is 9.69 Å². The molecule has 1 aromatic rings. The lowest BCUT2D eigenvalue weighted by Crippen LogP contribution is -2.34. The summed E-state index contributed by atoms with van der Waals surface area (Å²) in [6, 6.07) is 4.78. The van der Waals surface area contributed by atoms with E-state index in [0.717, 1.165) is 0 Å². The van der Waals surface area contributed by atoms with E-state index in [4.69, 9.17) is 16.7 Å². The van der Waals surface area contributed by atoms with Crippen LogP contribution in [-0.4, -0.2) is 33.7 Å². The smallest absolute Gasteiger partial charge is 0.304 e. The molecule has 0 bridgehead atoms. The Hall–Kier alpha value is -1.26. The fraction of sp³-hybridized carbons (Fsp3) is 0.462. The van der Waals surface area contributed by atoms with Crippen LogP contribution in [0.2, 0.25) is 5.02 Å². The Balaban J connectivity index is 2.79. The summed E-state index contributed by atoms with van der Waals surface area (Å²) >= 11 is 5.88. The van der Waals surface area contributed by atoms with E-state index in [2.05, 4.69) is 0 Å². The second-order valence-corrected chi connectivity index (χ2v) is 4.72. The van der Waals surface area contributed by atoms with Crippen LogP contribution in [0.3, 0.4) is 0 Å². The van der Waals surface area contributed by atoms with Gasteiger partial charge < -0.3 is 10.2 Å². The molecule has 2 N–H and O–H groups in total. The van der Waals surface area contributed by atoms with E-state index in [1.54, 1.807) is 18.2 Å². The third kappa shape index (κ3) is 4.20. The number of aliphatic carboxylic acids is 1. The molecule has 0 aliphatic heterocycles. The highest BCUT2D eigenvalue weighted by Crippen LogP contribution is 2.23. The number of rotatable bonds is 6. The van der Waals surface area contributed by atoms with E-state index in [0.29, 0.717) is 23.7 Å². The highest BCUT2D eigenvalue weighted by atomic mass is 35.5. The van der Waals surface area contributed by atoms with Crippen LogP contribution in [0.5, 0.6) is 5.75 Å². The van der Waals surface area contributed by atoms with Crippen molar-refractivity contribution in [1.82, 2.24) is 4.90 Å². The second-order valence-electron chi connectivity index (χ2n) is 4.28. The monoisotopic (exact) mass is 271 g/mol. The van der Waals surface area contributed by atoms with Crippen molar-refractivity contribution in [3.63, 3.8) is 0 Å². The van der Waals surface area contributed by atoms with Crippen LogP contribution in [0.1, 0.15) is 25.8 Å². The van der Waals surface area contributed by atoms with Crippen molar-refractivity contribution in [2.75, 3.05) is 6.54 Å². The highest BCUT2D eigenvalue weighted by molar-refractivity contribution is 6.30. The van der Waals surface area contributed by atoms with Crippen LogP contribution in [0.4, 0.5) is 0 Å². The summed E-state index contributed by atoms with van der Waals surface area (Å²) in [7, 11) is 0. The molecule has 0 heterocycles. The average Bonchev–Trinajstić information content (AvgIpc) is 2.29. The summed E-state index contributed by atoms with van der Waals surface area (Å²) in [5.74, 6) is -0.642. The van der Waals surface area contributed by atoms with Crippen molar-refractivity contribution in [3.8, 4) is 5.75 Å². The Morgan fingerprint density at radius 1 is 1.50 bits per heavy atom. The molecule has 1 atom stereocenters. The molecular weight excluding hydrogens is 254 g/mol. The lowest BCUT2D eigenvalue weighted by Gasteiger charge is -2.27. The van der Waals surface area contributed by atoms with E-state index in [1.165, 1.54) is 0 Å². The summed E-state index contributed by atoms with van der Waals surface area (Å²) < 4.78 is 0. The zero-order chi connectivity index (χ0) is 13.7. The van der Waals surface area contributed by atoms with E-state index >= 15 is 0 Å². The van der Waals surface area contributed by atoms with Crippen molar-refractivity contribution in [3.05, 3.63) is 28.8 Å². The molecule has 0 amide bonds. The minimum absolute atomic E-state index is 0.0785. The predicted molar refractivity (Wildman–Crippen MR) is 70.9 cm³/mol. The van der Waals surface area contributed by atoms with Gasteiger partial charge in [0.2, 0.25) is 0 Å². The zero-order valence-electron chi connectivity index (χ0n) is 10.6. The number of hydrogen-bond acceptors (Lipinski definition) is 3. The Morgan fingerprint density at radius 3 is 2.72 bits per heavy atom. The number of phenols is 1. The Bertz CT molecular complexity index is 423. The Labute approximate surface area is 112 Å². The summed E-state index contributed by atoms with van der Waals surface area (Å²) in [4.78, 5) is 12.7. The van der Waals surface area contributed by atoms with E-state index in [9.17, 15) is 9.90 Å². The van der Waals surface area contributed by atoms with Gasteiger partial charge in [-0.2, -0.15) is 0 Å². The van der Waals surface area contributed by atoms with Gasteiger partial charge in [0.05, 0.1) is 6.42 Å². The number of benzene rings is 1. The number of carboxylic acid groups (broad SMARTS) is 1. The van der Waals surface area contributed by atoms with Gasteiger partial charge in [-0.1, -0.05) is 18.5 Å². The number of nitrogens with zero attached hydrogens (tertiary/aromatic N) is 1. The molecule has 1 aromatic carbocycles. The van der Waals surface area contributed by atoms with Crippen LogP contribution in [-0.2, 0) is 11.3 Å². The maximum atomic E-state index is 10.7. The molecule has 0 aromatic heterocycles. The third-order valence-electron chi connectivity index (χ3n) is 2.91. The number of aromatic hydroxyl groups is 1. The molecular formula is C13H18ClNO3. The molecule has 4 nitrogen and oxygen atoms in total. The number of phenolic OH excluding ortho intramolecular Hbond substituents is 1. The van der Waals surface area contributed by atoms with Crippen LogP contribution in [0.15, 0.2) is 18.2 Å². The minimum Gasteiger partial charge on any atom is -0.508 e. The number of hydrogen-bond donors (Lipinski definition) is 2. The Morgan fingerprint density at radius 2 is 2.17 bits per heavy atom. The number of carboxylic acids is 1. The quantitative estimate of drug-likeness (QED) is 0.835. The van der Waals surface area contributed by atoms with Gasteiger partial charge in [0.15, 0.2) is 0 Å². The topological polar surface area (TPSA) is 60.8 Å². The van der Waals surface area contributed by atoms with Gasteiger partial charge in [-0.25, -0.2) is 0 Å². The summed E-state index contributed by atoms with van der Waals surface area (Å²) in [5, 5.41) is 19.1. The fourth-order valence-electron chi connectivity index (χ4n) is 1.86. The molecule has 5 heteroatoms. The molecule has 0 saturated heterocycles.